The molecular formula is C19H24O3S. The molecule has 2 aromatic rings. The Balaban J connectivity index is 2.08. The second kappa shape index (κ2) is 8.31. The van der Waals surface area contributed by atoms with Gasteiger partial charge < -0.3 is 9.11 Å². The van der Waals surface area contributed by atoms with Crippen LogP contribution in [0.25, 0.3) is 0 Å². The fourth-order valence-electron chi connectivity index (χ4n) is 2.29. The molecule has 0 aromatic heterocycles. The van der Waals surface area contributed by atoms with E-state index in [1.165, 1.54) is 5.56 Å². The quantitative estimate of drug-likeness (QED) is 0.642. The number of benzene rings is 2. The maximum Gasteiger partial charge on any atom is 0.116 e. The molecule has 124 valence electrons. The van der Waals surface area contributed by atoms with Gasteiger partial charge in [-0.1, -0.05) is 61.5 Å². The lowest BCUT2D eigenvalue weighted by Gasteiger charge is -2.30. The molecule has 1 unspecified atom stereocenters. The number of allylic oxidation sites excluding steroid dienone is 1. The van der Waals surface area contributed by atoms with Crippen molar-refractivity contribution in [3.63, 3.8) is 0 Å². The van der Waals surface area contributed by atoms with Crippen LogP contribution < -0.4 is 0 Å². The van der Waals surface area contributed by atoms with Gasteiger partial charge in [-0.25, -0.2) is 0 Å². The number of hydrogen-bond donors (Lipinski definition) is 2. The highest BCUT2D eigenvalue weighted by atomic mass is 32.3. The summed E-state index contributed by atoms with van der Waals surface area (Å²) in [5, 5.41) is 0. The molecule has 0 heterocycles. The van der Waals surface area contributed by atoms with Crippen molar-refractivity contribution in [2.45, 2.75) is 37.7 Å². The predicted molar refractivity (Wildman–Crippen MR) is 96.8 cm³/mol. The van der Waals surface area contributed by atoms with Gasteiger partial charge in [-0.3, -0.25) is 4.18 Å². The Bertz CT molecular complexity index is 621. The van der Waals surface area contributed by atoms with Crippen molar-refractivity contribution in [1.29, 1.82) is 0 Å². The molecule has 2 rings (SSSR count). The molecule has 0 spiro atoms. The van der Waals surface area contributed by atoms with Crippen molar-refractivity contribution in [2.75, 3.05) is 0 Å². The SMILES string of the molecule is C/C=C\C(CC)OS(O)(O)c1ccc(Cc2ccccc2)cc1. The molecule has 0 saturated heterocycles. The summed E-state index contributed by atoms with van der Waals surface area (Å²) in [6, 6.07) is 17.5. The highest BCUT2D eigenvalue weighted by Crippen LogP contribution is 2.50. The summed E-state index contributed by atoms with van der Waals surface area (Å²) >= 11 is 0. The third-order valence-electron chi connectivity index (χ3n) is 3.55. The molecule has 0 fully saturated rings. The monoisotopic (exact) mass is 332 g/mol. The molecule has 2 N–H and O–H groups in total. The Morgan fingerprint density at radius 1 is 1.00 bits per heavy atom. The van der Waals surface area contributed by atoms with E-state index in [0.717, 1.165) is 12.0 Å². The van der Waals surface area contributed by atoms with Crippen LogP contribution in [0.4, 0.5) is 0 Å². The Morgan fingerprint density at radius 3 is 2.17 bits per heavy atom. The molecule has 0 aliphatic heterocycles. The summed E-state index contributed by atoms with van der Waals surface area (Å²) in [4.78, 5) is 0.414. The molecule has 0 radical (unpaired) electrons. The topological polar surface area (TPSA) is 49.7 Å². The highest BCUT2D eigenvalue weighted by molar-refractivity contribution is 8.20. The van der Waals surface area contributed by atoms with E-state index in [0.29, 0.717) is 11.3 Å². The number of rotatable bonds is 7. The predicted octanol–water partition coefficient (Wildman–Crippen LogP) is 5.67. The first kappa shape index (κ1) is 17.8. The van der Waals surface area contributed by atoms with Gasteiger partial charge in [0.2, 0.25) is 0 Å². The largest absolute Gasteiger partial charge is 0.304 e. The van der Waals surface area contributed by atoms with Crippen molar-refractivity contribution >= 4 is 10.9 Å². The van der Waals surface area contributed by atoms with Crippen LogP contribution in [0.3, 0.4) is 0 Å². The lowest BCUT2D eigenvalue weighted by atomic mass is 10.1. The first-order valence-corrected chi connectivity index (χ1v) is 9.24. The first-order valence-electron chi connectivity index (χ1n) is 7.77. The fourth-order valence-corrected chi connectivity index (χ4v) is 3.44. The van der Waals surface area contributed by atoms with Crippen molar-refractivity contribution in [3.05, 3.63) is 77.9 Å². The molecule has 2 aromatic carbocycles. The van der Waals surface area contributed by atoms with Gasteiger partial charge in [-0.15, -0.1) is 0 Å². The Kier molecular flexibility index (Phi) is 6.42. The van der Waals surface area contributed by atoms with Gasteiger partial charge >= 0.3 is 0 Å². The second-order valence-corrected chi connectivity index (χ2v) is 7.03. The van der Waals surface area contributed by atoms with Crippen LogP contribution >= 0.6 is 10.9 Å². The van der Waals surface area contributed by atoms with Crippen LogP contribution in [0.15, 0.2) is 71.6 Å². The number of hydrogen-bond acceptors (Lipinski definition) is 3. The minimum atomic E-state index is -3.23. The molecule has 0 aliphatic rings. The third kappa shape index (κ3) is 5.22. The molecule has 23 heavy (non-hydrogen) atoms. The van der Waals surface area contributed by atoms with Crippen molar-refractivity contribution in [2.24, 2.45) is 0 Å². The van der Waals surface area contributed by atoms with E-state index in [1.807, 2.05) is 56.3 Å². The first-order chi connectivity index (χ1) is 11.0. The average molecular weight is 332 g/mol. The fraction of sp³-hybridized carbons (Fsp3) is 0.263. The Labute approximate surface area is 140 Å². The van der Waals surface area contributed by atoms with Gasteiger partial charge in [0.05, 0.1) is 11.0 Å². The zero-order valence-corrected chi connectivity index (χ0v) is 14.4. The zero-order chi connectivity index (χ0) is 16.7. The summed E-state index contributed by atoms with van der Waals surface area (Å²) in [6.07, 6.45) is 4.89. The minimum Gasteiger partial charge on any atom is -0.304 e. The second-order valence-electron chi connectivity index (χ2n) is 5.37. The average Bonchev–Trinajstić information content (AvgIpc) is 2.56. The van der Waals surface area contributed by atoms with Gasteiger partial charge in [0.15, 0.2) is 0 Å². The van der Waals surface area contributed by atoms with Gasteiger partial charge in [0.25, 0.3) is 0 Å². The highest BCUT2D eigenvalue weighted by Gasteiger charge is 2.24. The van der Waals surface area contributed by atoms with Gasteiger partial charge in [0.1, 0.15) is 10.9 Å². The van der Waals surface area contributed by atoms with Gasteiger partial charge in [-0.05, 0) is 43.0 Å². The van der Waals surface area contributed by atoms with Crippen molar-refractivity contribution in [3.8, 4) is 0 Å². The Hall–Kier alpha value is -1.59. The van der Waals surface area contributed by atoms with Crippen LogP contribution in [0.1, 0.15) is 31.4 Å². The van der Waals surface area contributed by atoms with E-state index in [9.17, 15) is 9.11 Å². The van der Waals surface area contributed by atoms with Crippen LogP contribution in [0.5, 0.6) is 0 Å². The maximum atomic E-state index is 10.3. The molecule has 0 bridgehead atoms. The van der Waals surface area contributed by atoms with E-state index in [4.69, 9.17) is 4.18 Å². The normalized spacial score (nSPS) is 14.1. The van der Waals surface area contributed by atoms with Crippen LogP contribution in [-0.4, -0.2) is 15.2 Å². The Morgan fingerprint density at radius 2 is 1.61 bits per heavy atom. The van der Waals surface area contributed by atoms with Crippen LogP contribution in [0, 0.1) is 0 Å². The lowest BCUT2D eigenvalue weighted by Crippen LogP contribution is -2.13. The molecule has 0 amide bonds. The minimum absolute atomic E-state index is 0.297. The standard InChI is InChI=1S/C19H24O3S/c1-3-8-18(4-2)22-23(20,21)19-13-11-17(12-14-19)15-16-9-6-5-7-10-16/h3,5-14,18,20-21H,4,15H2,1-2H3/b8-3-. The molecule has 4 heteroatoms. The summed E-state index contributed by atoms with van der Waals surface area (Å²) in [7, 11) is -3.23. The van der Waals surface area contributed by atoms with Gasteiger partial charge in [0, 0.05) is 0 Å². The summed E-state index contributed by atoms with van der Waals surface area (Å²) in [5.74, 6) is 0. The molecule has 0 aliphatic carbocycles. The third-order valence-corrected chi connectivity index (χ3v) is 4.95. The maximum absolute atomic E-state index is 10.3. The van der Waals surface area contributed by atoms with Crippen LogP contribution in [0.2, 0.25) is 0 Å². The summed E-state index contributed by atoms with van der Waals surface area (Å²) < 4.78 is 26.0. The van der Waals surface area contributed by atoms with Crippen molar-refractivity contribution in [1.82, 2.24) is 0 Å². The van der Waals surface area contributed by atoms with E-state index in [-0.39, 0.29) is 6.10 Å². The van der Waals surface area contributed by atoms with E-state index >= 15 is 0 Å². The van der Waals surface area contributed by atoms with E-state index in [1.54, 1.807) is 12.1 Å². The lowest BCUT2D eigenvalue weighted by molar-refractivity contribution is 0.210. The summed E-state index contributed by atoms with van der Waals surface area (Å²) in [6.45, 7) is 3.83. The smallest absolute Gasteiger partial charge is 0.116 e. The van der Waals surface area contributed by atoms with Crippen LogP contribution in [-0.2, 0) is 10.6 Å². The van der Waals surface area contributed by atoms with E-state index < -0.39 is 10.9 Å². The van der Waals surface area contributed by atoms with E-state index in [2.05, 4.69) is 12.1 Å². The zero-order valence-electron chi connectivity index (χ0n) is 13.6. The molecular weight excluding hydrogens is 308 g/mol. The van der Waals surface area contributed by atoms with Gasteiger partial charge in [-0.2, -0.15) is 0 Å². The molecule has 3 nitrogen and oxygen atoms in total. The molecule has 1 atom stereocenters. The summed E-state index contributed by atoms with van der Waals surface area (Å²) in [5.41, 5.74) is 2.35. The van der Waals surface area contributed by atoms with Crippen molar-refractivity contribution < 1.29 is 13.3 Å². The molecule has 0 saturated carbocycles.